The molecule has 0 spiro atoms. The van der Waals surface area contributed by atoms with Gasteiger partial charge >= 0.3 is 0 Å². The van der Waals surface area contributed by atoms with Gasteiger partial charge in [-0.15, -0.1) is 0 Å². The van der Waals surface area contributed by atoms with Gasteiger partial charge in [-0.2, -0.15) is 0 Å². The average molecular weight is 242 g/mol. The first-order valence-corrected chi connectivity index (χ1v) is 5.57. The van der Waals surface area contributed by atoms with Gasteiger partial charge in [-0.1, -0.05) is 12.1 Å². The Morgan fingerprint density at radius 2 is 2.06 bits per heavy atom. The predicted molar refractivity (Wildman–Crippen MR) is 68.6 cm³/mol. The molecule has 2 aromatic carbocycles. The fourth-order valence-electron chi connectivity index (χ4n) is 1.89. The smallest absolute Gasteiger partial charge is 0.227 e. The van der Waals surface area contributed by atoms with Crippen LogP contribution in [0.15, 0.2) is 40.8 Å². The van der Waals surface area contributed by atoms with Gasteiger partial charge in [0.2, 0.25) is 5.89 Å². The van der Waals surface area contributed by atoms with E-state index < -0.39 is 5.82 Å². The van der Waals surface area contributed by atoms with Crippen LogP contribution in [0.2, 0.25) is 0 Å². The van der Waals surface area contributed by atoms with Crippen molar-refractivity contribution < 1.29 is 8.81 Å². The first-order valence-electron chi connectivity index (χ1n) is 5.57. The minimum Gasteiger partial charge on any atom is -0.436 e. The van der Waals surface area contributed by atoms with Crippen molar-refractivity contribution in [1.82, 2.24) is 4.98 Å². The van der Waals surface area contributed by atoms with E-state index in [1.54, 1.807) is 6.07 Å². The zero-order valence-electron chi connectivity index (χ0n) is 9.77. The Labute approximate surface area is 103 Å². The highest BCUT2D eigenvalue weighted by Gasteiger charge is 2.10. The number of hydrogen-bond donors (Lipinski definition) is 1. The molecule has 90 valence electrons. The van der Waals surface area contributed by atoms with Crippen LogP contribution in [0.1, 0.15) is 5.56 Å². The van der Waals surface area contributed by atoms with Crippen LogP contribution < -0.4 is 5.73 Å². The lowest BCUT2D eigenvalue weighted by Crippen LogP contribution is -1.90. The Balaban J connectivity index is 2.19. The largest absolute Gasteiger partial charge is 0.436 e. The van der Waals surface area contributed by atoms with Gasteiger partial charge in [0.25, 0.3) is 0 Å². The van der Waals surface area contributed by atoms with Crippen molar-refractivity contribution in [3.8, 4) is 11.5 Å². The SMILES string of the molecule is Cc1cccc2nc(-c3ccc(F)c(N)c3)oc12. The molecule has 0 bridgehead atoms. The second-order valence-corrected chi connectivity index (χ2v) is 4.18. The van der Waals surface area contributed by atoms with Crippen molar-refractivity contribution in [3.63, 3.8) is 0 Å². The summed E-state index contributed by atoms with van der Waals surface area (Å²) < 4.78 is 18.8. The third-order valence-electron chi connectivity index (χ3n) is 2.85. The molecule has 0 fully saturated rings. The fourth-order valence-corrected chi connectivity index (χ4v) is 1.89. The van der Waals surface area contributed by atoms with E-state index in [4.69, 9.17) is 10.2 Å². The minimum atomic E-state index is -0.439. The Bertz CT molecular complexity index is 734. The molecule has 18 heavy (non-hydrogen) atoms. The van der Waals surface area contributed by atoms with Gasteiger partial charge in [0.15, 0.2) is 5.58 Å². The maximum Gasteiger partial charge on any atom is 0.227 e. The fraction of sp³-hybridized carbons (Fsp3) is 0.0714. The van der Waals surface area contributed by atoms with Gasteiger partial charge in [0.1, 0.15) is 11.3 Å². The molecule has 3 aromatic rings. The van der Waals surface area contributed by atoms with Crippen molar-refractivity contribution in [2.24, 2.45) is 0 Å². The number of hydrogen-bond acceptors (Lipinski definition) is 3. The number of anilines is 1. The van der Waals surface area contributed by atoms with E-state index in [0.29, 0.717) is 11.5 Å². The summed E-state index contributed by atoms with van der Waals surface area (Å²) in [5.41, 5.74) is 8.84. The van der Waals surface area contributed by atoms with Crippen LogP contribution in [0.5, 0.6) is 0 Å². The van der Waals surface area contributed by atoms with Gasteiger partial charge in [0, 0.05) is 5.56 Å². The van der Waals surface area contributed by atoms with Crippen molar-refractivity contribution in [3.05, 3.63) is 47.8 Å². The second kappa shape index (κ2) is 3.84. The molecule has 0 radical (unpaired) electrons. The van der Waals surface area contributed by atoms with Crippen molar-refractivity contribution in [1.29, 1.82) is 0 Å². The maximum absolute atomic E-state index is 13.1. The molecule has 0 aliphatic rings. The number of aryl methyl sites for hydroxylation is 1. The highest BCUT2D eigenvalue weighted by molar-refractivity contribution is 5.79. The molecule has 0 saturated carbocycles. The van der Waals surface area contributed by atoms with Crippen LogP contribution in [0.4, 0.5) is 10.1 Å². The molecule has 0 unspecified atom stereocenters. The Morgan fingerprint density at radius 3 is 2.78 bits per heavy atom. The summed E-state index contributed by atoms with van der Waals surface area (Å²) in [7, 11) is 0. The quantitative estimate of drug-likeness (QED) is 0.664. The van der Waals surface area contributed by atoms with Gasteiger partial charge in [-0.3, -0.25) is 0 Å². The van der Waals surface area contributed by atoms with Crippen LogP contribution in [0.25, 0.3) is 22.6 Å². The summed E-state index contributed by atoms with van der Waals surface area (Å²) in [6.07, 6.45) is 0. The normalized spacial score (nSPS) is 11.0. The zero-order valence-corrected chi connectivity index (χ0v) is 9.77. The van der Waals surface area contributed by atoms with Gasteiger partial charge < -0.3 is 10.2 Å². The van der Waals surface area contributed by atoms with Crippen molar-refractivity contribution >= 4 is 16.8 Å². The molecule has 2 N–H and O–H groups in total. The summed E-state index contributed by atoms with van der Waals surface area (Å²) in [5.74, 6) is 0.0111. The molecular formula is C14H11FN2O. The van der Waals surface area contributed by atoms with Crippen LogP contribution >= 0.6 is 0 Å². The standard InChI is InChI=1S/C14H11FN2O/c1-8-3-2-4-12-13(8)18-14(17-12)9-5-6-10(15)11(16)7-9/h2-7H,16H2,1H3. The Kier molecular flexibility index (Phi) is 2.30. The lowest BCUT2D eigenvalue weighted by molar-refractivity contribution is 0.615. The monoisotopic (exact) mass is 242 g/mol. The summed E-state index contributed by atoms with van der Waals surface area (Å²) in [5, 5.41) is 0. The first-order chi connectivity index (χ1) is 8.65. The predicted octanol–water partition coefficient (Wildman–Crippen LogP) is 3.52. The van der Waals surface area contributed by atoms with E-state index in [0.717, 1.165) is 16.7 Å². The molecule has 3 nitrogen and oxygen atoms in total. The third-order valence-corrected chi connectivity index (χ3v) is 2.85. The number of halogens is 1. The molecule has 0 atom stereocenters. The van der Waals surface area contributed by atoms with E-state index in [1.165, 1.54) is 12.1 Å². The van der Waals surface area contributed by atoms with Crippen LogP contribution in [-0.4, -0.2) is 4.98 Å². The van der Waals surface area contributed by atoms with Gasteiger partial charge in [0.05, 0.1) is 5.69 Å². The van der Waals surface area contributed by atoms with Crippen molar-refractivity contribution in [2.75, 3.05) is 5.73 Å². The van der Waals surface area contributed by atoms with Crippen LogP contribution in [0.3, 0.4) is 0 Å². The minimum absolute atomic E-state index is 0.0893. The average Bonchev–Trinajstić information content (AvgIpc) is 2.78. The molecule has 0 saturated heterocycles. The summed E-state index contributed by atoms with van der Waals surface area (Å²) in [6, 6.07) is 10.2. The van der Waals surface area contributed by atoms with Crippen LogP contribution in [0, 0.1) is 12.7 Å². The number of fused-ring (bicyclic) bond motifs is 1. The molecule has 0 aliphatic heterocycles. The lowest BCUT2D eigenvalue weighted by atomic mass is 10.2. The lowest BCUT2D eigenvalue weighted by Gasteiger charge is -1.98. The molecule has 1 heterocycles. The number of benzene rings is 2. The zero-order chi connectivity index (χ0) is 12.7. The molecule has 0 amide bonds. The number of nitrogens with zero attached hydrogens (tertiary/aromatic N) is 1. The first kappa shape index (κ1) is 10.8. The van der Waals surface area contributed by atoms with E-state index in [-0.39, 0.29) is 5.69 Å². The van der Waals surface area contributed by atoms with E-state index in [2.05, 4.69) is 4.98 Å². The third kappa shape index (κ3) is 1.62. The van der Waals surface area contributed by atoms with Crippen LogP contribution in [-0.2, 0) is 0 Å². The van der Waals surface area contributed by atoms with Gasteiger partial charge in [-0.25, -0.2) is 9.37 Å². The van der Waals surface area contributed by atoms with E-state index >= 15 is 0 Å². The number of para-hydroxylation sites is 1. The number of nitrogen functional groups attached to an aromatic ring is 1. The summed E-state index contributed by atoms with van der Waals surface area (Å²) in [6.45, 7) is 1.95. The van der Waals surface area contributed by atoms with Crippen molar-refractivity contribution in [2.45, 2.75) is 6.92 Å². The number of oxazole rings is 1. The number of aromatic nitrogens is 1. The Hall–Kier alpha value is -2.36. The second-order valence-electron chi connectivity index (χ2n) is 4.18. The van der Waals surface area contributed by atoms with E-state index in [9.17, 15) is 4.39 Å². The summed E-state index contributed by atoms with van der Waals surface area (Å²) >= 11 is 0. The number of rotatable bonds is 1. The maximum atomic E-state index is 13.1. The van der Waals surface area contributed by atoms with E-state index in [1.807, 2.05) is 25.1 Å². The Morgan fingerprint density at radius 1 is 1.22 bits per heavy atom. The highest BCUT2D eigenvalue weighted by Crippen LogP contribution is 2.27. The molecule has 0 aliphatic carbocycles. The topological polar surface area (TPSA) is 52.0 Å². The molecular weight excluding hydrogens is 231 g/mol. The molecule has 1 aromatic heterocycles. The molecule has 3 rings (SSSR count). The highest BCUT2D eigenvalue weighted by atomic mass is 19.1. The number of nitrogens with two attached hydrogens (primary N) is 1. The molecule has 4 heteroatoms. The van der Waals surface area contributed by atoms with Gasteiger partial charge in [-0.05, 0) is 36.8 Å². The summed E-state index contributed by atoms with van der Waals surface area (Å²) in [4.78, 5) is 4.37.